The van der Waals surface area contributed by atoms with Crippen molar-refractivity contribution in [2.75, 3.05) is 5.32 Å². The fourth-order valence-electron chi connectivity index (χ4n) is 1.03. The monoisotopic (exact) mass is 239 g/mol. The third kappa shape index (κ3) is 2.26. The van der Waals surface area contributed by atoms with E-state index in [4.69, 9.17) is 0 Å². The minimum atomic E-state index is -0.644. The number of anilines is 1. The molecule has 0 aliphatic heterocycles. The molecule has 0 spiro atoms. The van der Waals surface area contributed by atoms with E-state index in [0.717, 1.165) is 0 Å². The van der Waals surface area contributed by atoms with Crippen LogP contribution in [0.3, 0.4) is 0 Å². The SMILES string of the molecule is CC(O)c1csc(NC(=O)c2ccon2)n1. The Kier molecular flexibility index (Phi) is 2.97. The topological polar surface area (TPSA) is 88.2 Å². The lowest BCUT2D eigenvalue weighted by Gasteiger charge is -1.98. The molecule has 2 aromatic heterocycles. The van der Waals surface area contributed by atoms with Crippen LogP contribution in [0.5, 0.6) is 0 Å². The molecule has 0 aliphatic carbocycles. The molecule has 1 amide bonds. The lowest BCUT2D eigenvalue weighted by atomic mass is 10.3. The first-order valence-electron chi connectivity index (χ1n) is 4.52. The van der Waals surface area contributed by atoms with Gasteiger partial charge in [-0.3, -0.25) is 10.1 Å². The van der Waals surface area contributed by atoms with Crippen LogP contribution in [0.1, 0.15) is 29.2 Å². The zero-order chi connectivity index (χ0) is 11.5. The second-order valence-electron chi connectivity index (χ2n) is 3.09. The number of aromatic nitrogens is 2. The van der Waals surface area contributed by atoms with Gasteiger partial charge in [0.1, 0.15) is 6.26 Å². The van der Waals surface area contributed by atoms with Gasteiger partial charge >= 0.3 is 0 Å². The summed E-state index contributed by atoms with van der Waals surface area (Å²) in [6.07, 6.45) is 0.673. The number of carbonyl (C=O) groups is 1. The number of carbonyl (C=O) groups excluding carboxylic acids is 1. The van der Waals surface area contributed by atoms with E-state index in [-0.39, 0.29) is 11.6 Å². The summed E-state index contributed by atoms with van der Waals surface area (Å²) in [6, 6.07) is 1.46. The van der Waals surface area contributed by atoms with Crippen LogP contribution in [0.15, 0.2) is 22.2 Å². The van der Waals surface area contributed by atoms with E-state index in [2.05, 4.69) is 20.0 Å². The molecular weight excluding hydrogens is 230 g/mol. The van der Waals surface area contributed by atoms with E-state index < -0.39 is 6.10 Å². The Morgan fingerprint density at radius 2 is 2.50 bits per heavy atom. The molecule has 1 unspecified atom stereocenters. The maximum absolute atomic E-state index is 11.5. The number of nitrogens with zero attached hydrogens (tertiary/aromatic N) is 2. The van der Waals surface area contributed by atoms with Crippen molar-refractivity contribution >= 4 is 22.4 Å². The van der Waals surface area contributed by atoms with Gasteiger partial charge in [-0.2, -0.15) is 0 Å². The Hall–Kier alpha value is -1.73. The number of aliphatic hydroxyl groups is 1. The molecular formula is C9H9N3O3S. The van der Waals surface area contributed by atoms with Crippen LogP contribution in [0.4, 0.5) is 5.13 Å². The molecule has 1 atom stereocenters. The Bertz CT molecular complexity index is 478. The summed E-state index contributed by atoms with van der Waals surface area (Å²) in [5, 5.41) is 17.4. The maximum atomic E-state index is 11.5. The Morgan fingerprint density at radius 3 is 3.06 bits per heavy atom. The number of hydrogen-bond donors (Lipinski definition) is 2. The first kappa shape index (κ1) is 10.8. The normalized spacial score (nSPS) is 12.4. The number of rotatable bonds is 3. The van der Waals surface area contributed by atoms with E-state index in [0.29, 0.717) is 10.8 Å². The van der Waals surface area contributed by atoms with Crippen molar-refractivity contribution in [3.63, 3.8) is 0 Å². The minimum absolute atomic E-state index is 0.189. The third-order valence-electron chi connectivity index (χ3n) is 1.84. The van der Waals surface area contributed by atoms with Gasteiger partial charge in [0.05, 0.1) is 11.8 Å². The molecule has 6 nitrogen and oxygen atoms in total. The second kappa shape index (κ2) is 4.42. The number of amides is 1. The molecule has 2 heterocycles. The van der Waals surface area contributed by atoms with E-state index in [9.17, 15) is 9.90 Å². The third-order valence-corrected chi connectivity index (χ3v) is 2.62. The molecule has 2 aromatic rings. The highest BCUT2D eigenvalue weighted by Gasteiger charge is 2.12. The van der Waals surface area contributed by atoms with Gasteiger partial charge in [0.2, 0.25) is 0 Å². The van der Waals surface area contributed by atoms with Crippen LogP contribution in [0, 0.1) is 0 Å². The molecule has 0 fully saturated rings. The average molecular weight is 239 g/mol. The summed E-state index contributed by atoms with van der Waals surface area (Å²) in [5.41, 5.74) is 0.717. The molecule has 0 aliphatic rings. The van der Waals surface area contributed by atoms with Crippen molar-refractivity contribution < 1.29 is 14.4 Å². The summed E-state index contributed by atoms with van der Waals surface area (Å²) in [6.45, 7) is 1.61. The minimum Gasteiger partial charge on any atom is -0.387 e. The van der Waals surface area contributed by atoms with Crippen LogP contribution in [0.2, 0.25) is 0 Å². The number of nitrogens with one attached hydrogen (secondary N) is 1. The largest absolute Gasteiger partial charge is 0.387 e. The van der Waals surface area contributed by atoms with Crippen molar-refractivity contribution in [2.45, 2.75) is 13.0 Å². The lowest BCUT2D eigenvalue weighted by molar-refractivity contribution is 0.101. The Labute approximate surface area is 94.9 Å². The standard InChI is InChI=1S/C9H9N3O3S/c1-5(13)7-4-16-9(10-7)11-8(14)6-2-3-15-12-6/h2-5,13H,1H3,(H,10,11,14). The van der Waals surface area contributed by atoms with E-state index in [1.165, 1.54) is 23.7 Å². The van der Waals surface area contributed by atoms with Crippen LogP contribution < -0.4 is 5.32 Å². The molecule has 2 N–H and O–H groups in total. The van der Waals surface area contributed by atoms with Gasteiger partial charge in [-0.15, -0.1) is 11.3 Å². The van der Waals surface area contributed by atoms with E-state index in [1.807, 2.05) is 0 Å². The van der Waals surface area contributed by atoms with Gasteiger partial charge in [0.15, 0.2) is 10.8 Å². The van der Waals surface area contributed by atoms with Gasteiger partial charge in [-0.05, 0) is 6.92 Å². The molecule has 0 radical (unpaired) electrons. The van der Waals surface area contributed by atoms with Gasteiger partial charge in [0.25, 0.3) is 5.91 Å². The molecule has 0 aromatic carbocycles. The molecule has 0 bridgehead atoms. The number of hydrogen-bond acceptors (Lipinski definition) is 6. The Balaban J connectivity index is 2.07. The second-order valence-corrected chi connectivity index (χ2v) is 3.95. The highest BCUT2D eigenvalue weighted by molar-refractivity contribution is 7.14. The van der Waals surface area contributed by atoms with E-state index in [1.54, 1.807) is 12.3 Å². The summed E-state index contributed by atoms with van der Waals surface area (Å²) in [7, 11) is 0. The predicted octanol–water partition coefficient (Wildman–Crippen LogP) is 1.44. The molecule has 84 valence electrons. The van der Waals surface area contributed by atoms with Gasteiger partial charge in [-0.1, -0.05) is 5.16 Å². The van der Waals surface area contributed by atoms with Crippen LogP contribution in [0.25, 0.3) is 0 Å². The first-order chi connectivity index (χ1) is 7.66. The molecule has 0 saturated heterocycles. The number of aliphatic hydroxyl groups excluding tert-OH is 1. The predicted molar refractivity (Wildman–Crippen MR) is 57.2 cm³/mol. The fourth-order valence-corrected chi connectivity index (χ4v) is 1.82. The van der Waals surface area contributed by atoms with Crippen molar-refractivity contribution in [2.24, 2.45) is 0 Å². The summed E-state index contributed by atoms with van der Waals surface area (Å²) < 4.78 is 4.55. The highest BCUT2D eigenvalue weighted by atomic mass is 32.1. The first-order valence-corrected chi connectivity index (χ1v) is 5.40. The quantitative estimate of drug-likeness (QED) is 0.846. The molecule has 7 heteroatoms. The maximum Gasteiger partial charge on any atom is 0.279 e. The van der Waals surface area contributed by atoms with Gasteiger partial charge < -0.3 is 9.63 Å². The lowest BCUT2D eigenvalue weighted by Crippen LogP contribution is -2.12. The summed E-state index contributed by atoms with van der Waals surface area (Å²) in [4.78, 5) is 15.6. The zero-order valence-corrected chi connectivity index (χ0v) is 9.19. The molecule has 2 rings (SSSR count). The Morgan fingerprint density at radius 1 is 1.69 bits per heavy atom. The van der Waals surface area contributed by atoms with Crippen molar-refractivity contribution in [1.29, 1.82) is 0 Å². The fraction of sp³-hybridized carbons (Fsp3) is 0.222. The summed E-state index contributed by atoms with van der Waals surface area (Å²) in [5.74, 6) is -0.389. The molecule has 0 saturated carbocycles. The van der Waals surface area contributed by atoms with Crippen LogP contribution in [-0.2, 0) is 0 Å². The van der Waals surface area contributed by atoms with Gasteiger partial charge in [-0.25, -0.2) is 4.98 Å². The zero-order valence-electron chi connectivity index (χ0n) is 8.38. The van der Waals surface area contributed by atoms with Crippen LogP contribution in [-0.4, -0.2) is 21.2 Å². The highest BCUT2D eigenvalue weighted by Crippen LogP contribution is 2.20. The van der Waals surface area contributed by atoms with Crippen LogP contribution >= 0.6 is 11.3 Å². The average Bonchev–Trinajstić information content (AvgIpc) is 2.87. The van der Waals surface area contributed by atoms with Crippen molar-refractivity contribution in [3.8, 4) is 0 Å². The summed E-state index contributed by atoms with van der Waals surface area (Å²) >= 11 is 1.24. The van der Waals surface area contributed by atoms with E-state index >= 15 is 0 Å². The van der Waals surface area contributed by atoms with Crippen molar-refractivity contribution in [1.82, 2.24) is 10.1 Å². The van der Waals surface area contributed by atoms with Crippen molar-refractivity contribution in [3.05, 3.63) is 29.1 Å². The number of thiazole rings is 1. The molecule has 16 heavy (non-hydrogen) atoms. The van der Waals surface area contributed by atoms with Gasteiger partial charge in [0, 0.05) is 11.4 Å². The smallest absolute Gasteiger partial charge is 0.279 e.